The van der Waals surface area contributed by atoms with Crippen LogP contribution in [0.2, 0.25) is 0 Å². The molecule has 0 aliphatic heterocycles. The number of hydrogen-bond donors (Lipinski definition) is 3. The first-order chi connectivity index (χ1) is 13.1. The molecule has 152 valence electrons. The number of carbonyl (C=O) groups is 2. The van der Waals surface area contributed by atoms with Gasteiger partial charge >= 0.3 is 0 Å². The third-order valence-electron chi connectivity index (χ3n) is 3.87. The molecule has 28 heavy (non-hydrogen) atoms. The number of methoxy groups -OCH3 is 1. The molecule has 1 aromatic carbocycles. The molecule has 2 aromatic rings. The summed E-state index contributed by atoms with van der Waals surface area (Å²) in [6, 6.07) is 5.26. The Morgan fingerprint density at radius 3 is 2.79 bits per heavy atom. The number of thiazole rings is 1. The van der Waals surface area contributed by atoms with Crippen molar-refractivity contribution in [2.75, 3.05) is 25.6 Å². The van der Waals surface area contributed by atoms with E-state index in [4.69, 9.17) is 15.2 Å². The number of nitrogens with one attached hydrogen (secondary N) is 2. The van der Waals surface area contributed by atoms with Gasteiger partial charge in [0.05, 0.1) is 12.1 Å². The number of nitrogens with two attached hydrogens (primary N) is 1. The summed E-state index contributed by atoms with van der Waals surface area (Å²) in [4.78, 5) is 28.4. The van der Waals surface area contributed by atoms with Gasteiger partial charge in [0, 0.05) is 29.6 Å². The van der Waals surface area contributed by atoms with Gasteiger partial charge in [-0.25, -0.2) is 4.98 Å². The fourth-order valence-corrected chi connectivity index (χ4v) is 3.15. The Labute approximate surface area is 173 Å². The summed E-state index contributed by atoms with van der Waals surface area (Å²) in [5, 5.41) is 8.15. The molecule has 0 unspecified atom stereocenters. The average molecular weight is 427 g/mol. The predicted molar refractivity (Wildman–Crippen MR) is 110 cm³/mol. The Bertz CT molecular complexity index is 826. The quantitative estimate of drug-likeness (QED) is 0.564. The second kappa shape index (κ2) is 10.3. The molecule has 1 fully saturated rings. The summed E-state index contributed by atoms with van der Waals surface area (Å²) in [6.07, 6.45) is 2.67. The Kier molecular flexibility index (Phi) is 8.04. The lowest BCUT2D eigenvalue weighted by atomic mass is 10.2. The third-order valence-corrected chi connectivity index (χ3v) is 4.77. The smallest absolute Gasteiger partial charge is 0.275 e. The fraction of sp³-hybridized carbons (Fsp3) is 0.389. The maximum atomic E-state index is 12.4. The van der Waals surface area contributed by atoms with Gasteiger partial charge in [0.1, 0.15) is 5.69 Å². The summed E-state index contributed by atoms with van der Waals surface area (Å²) in [6.45, 7) is 0.376. The maximum absolute atomic E-state index is 12.4. The van der Waals surface area contributed by atoms with Crippen molar-refractivity contribution in [3.63, 3.8) is 0 Å². The molecule has 0 bridgehead atoms. The molecule has 0 spiro atoms. The van der Waals surface area contributed by atoms with Crippen molar-refractivity contribution in [2.24, 2.45) is 5.73 Å². The van der Waals surface area contributed by atoms with Crippen LogP contribution >= 0.6 is 23.7 Å². The molecule has 1 aliphatic rings. The van der Waals surface area contributed by atoms with E-state index in [1.54, 1.807) is 23.6 Å². The maximum Gasteiger partial charge on any atom is 0.275 e. The van der Waals surface area contributed by atoms with Gasteiger partial charge in [-0.05, 0) is 31.5 Å². The normalized spacial score (nSPS) is 12.6. The van der Waals surface area contributed by atoms with Crippen LogP contribution in [0.15, 0.2) is 23.6 Å². The van der Waals surface area contributed by atoms with Gasteiger partial charge in [0.2, 0.25) is 0 Å². The molecule has 8 nitrogen and oxygen atoms in total. The number of hydrogen-bond acceptors (Lipinski definition) is 7. The minimum Gasteiger partial charge on any atom is -0.493 e. The number of rotatable bonds is 9. The Balaban J connectivity index is 0.00000280. The standard InChI is InChI=1S/C18H22N4O4S.ClH/c1-25-14-5-4-12(8-15(14)26-9-16(23)20-11-2-3-11)21-18(24)13-10-27-17(22-13)6-7-19;/h4-5,8,10-11H,2-3,6-7,9,19H2,1H3,(H,20,23)(H,21,24);1H. The summed E-state index contributed by atoms with van der Waals surface area (Å²) >= 11 is 1.40. The van der Waals surface area contributed by atoms with Crippen molar-refractivity contribution in [3.05, 3.63) is 34.3 Å². The number of ether oxygens (including phenoxy) is 2. The summed E-state index contributed by atoms with van der Waals surface area (Å²) in [5.41, 5.74) is 6.36. The number of amides is 2. The second-order valence-electron chi connectivity index (χ2n) is 6.12. The van der Waals surface area contributed by atoms with Crippen molar-refractivity contribution < 1.29 is 19.1 Å². The lowest BCUT2D eigenvalue weighted by Gasteiger charge is -2.12. The van der Waals surface area contributed by atoms with E-state index in [1.807, 2.05) is 0 Å². The zero-order valence-electron chi connectivity index (χ0n) is 15.4. The highest BCUT2D eigenvalue weighted by Crippen LogP contribution is 2.30. The molecule has 2 amide bonds. The number of carbonyl (C=O) groups excluding carboxylic acids is 2. The van der Waals surface area contributed by atoms with Gasteiger partial charge in [0.25, 0.3) is 11.8 Å². The highest BCUT2D eigenvalue weighted by atomic mass is 35.5. The fourth-order valence-electron chi connectivity index (χ4n) is 2.36. The molecule has 3 rings (SSSR count). The molecule has 10 heteroatoms. The van der Waals surface area contributed by atoms with Crippen LogP contribution < -0.4 is 25.8 Å². The van der Waals surface area contributed by atoms with Crippen LogP contribution in [0, 0.1) is 0 Å². The van der Waals surface area contributed by atoms with Gasteiger partial charge in [-0.3, -0.25) is 9.59 Å². The van der Waals surface area contributed by atoms with Gasteiger partial charge in [0.15, 0.2) is 18.1 Å². The first-order valence-electron chi connectivity index (χ1n) is 8.65. The van der Waals surface area contributed by atoms with Crippen LogP contribution in [-0.4, -0.2) is 43.1 Å². The summed E-state index contributed by atoms with van der Waals surface area (Å²) in [5.74, 6) is 0.357. The van der Waals surface area contributed by atoms with Gasteiger partial charge < -0.3 is 25.8 Å². The van der Waals surface area contributed by atoms with Crippen LogP contribution in [0.5, 0.6) is 11.5 Å². The number of anilines is 1. The number of halogens is 1. The van der Waals surface area contributed by atoms with Gasteiger partial charge in [-0.2, -0.15) is 0 Å². The number of benzene rings is 1. The van der Waals surface area contributed by atoms with E-state index in [0.29, 0.717) is 35.8 Å². The van der Waals surface area contributed by atoms with Crippen molar-refractivity contribution in [1.82, 2.24) is 10.3 Å². The number of nitrogens with zero attached hydrogens (tertiary/aromatic N) is 1. The highest BCUT2D eigenvalue weighted by molar-refractivity contribution is 7.09. The van der Waals surface area contributed by atoms with Crippen molar-refractivity contribution in [2.45, 2.75) is 25.3 Å². The lowest BCUT2D eigenvalue weighted by Crippen LogP contribution is -2.30. The molecule has 4 N–H and O–H groups in total. The topological polar surface area (TPSA) is 116 Å². The molecule has 1 aliphatic carbocycles. The zero-order valence-corrected chi connectivity index (χ0v) is 17.0. The van der Waals surface area contributed by atoms with E-state index < -0.39 is 0 Å². The van der Waals surface area contributed by atoms with Crippen LogP contribution in [0.4, 0.5) is 5.69 Å². The largest absolute Gasteiger partial charge is 0.493 e. The lowest BCUT2D eigenvalue weighted by molar-refractivity contribution is -0.123. The van der Waals surface area contributed by atoms with Crippen molar-refractivity contribution in [1.29, 1.82) is 0 Å². The summed E-state index contributed by atoms with van der Waals surface area (Å²) < 4.78 is 10.8. The van der Waals surface area contributed by atoms with Crippen molar-refractivity contribution >= 4 is 41.2 Å². The van der Waals surface area contributed by atoms with Crippen LogP contribution in [0.25, 0.3) is 0 Å². The first-order valence-corrected chi connectivity index (χ1v) is 9.53. The molecule has 1 saturated carbocycles. The summed E-state index contributed by atoms with van der Waals surface area (Å²) in [7, 11) is 1.51. The average Bonchev–Trinajstić information content (AvgIpc) is 3.34. The molecular weight excluding hydrogens is 404 g/mol. The Morgan fingerprint density at radius 1 is 1.32 bits per heavy atom. The van der Waals surface area contributed by atoms with E-state index in [9.17, 15) is 9.59 Å². The first kappa shape index (κ1) is 21.9. The Hall–Kier alpha value is -2.36. The van der Waals surface area contributed by atoms with Gasteiger partial charge in [-0.1, -0.05) is 0 Å². The molecule has 1 heterocycles. The minimum absolute atomic E-state index is 0. The highest BCUT2D eigenvalue weighted by Gasteiger charge is 2.23. The SMILES string of the molecule is COc1ccc(NC(=O)c2csc(CCN)n2)cc1OCC(=O)NC1CC1.Cl. The zero-order chi connectivity index (χ0) is 19.2. The molecule has 0 radical (unpaired) electrons. The second-order valence-corrected chi connectivity index (χ2v) is 7.06. The van der Waals surface area contributed by atoms with Crippen LogP contribution in [0.1, 0.15) is 28.3 Å². The van der Waals surface area contributed by atoms with E-state index in [2.05, 4.69) is 15.6 Å². The molecular formula is C18H23ClN4O4S. The number of aromatic nitrogens is 1. The Morgan fingerprint density at radius 2 is 2.11 bits per heavy atom. The molecule has 0 atom stereocenters. The van der Waals surface area contributed by atoms with Crippen LogP contribution in [0.3, 0.4) is 0 Å². The molecule has 1 aromatic heterocycles. The van der Waals surface area contributed by atoms with E-state index in [0.717, 1.165) is 17.8 Å². The third kappa shape index (κ3) is 6.08. The van der Waals surface area contributed by atoms with Gasteiger partial charge in [-0.15, -0.1) is 23.7 Å². The minimum atomic E-state index is -0.322. The monoisotopic (exact) mass is 426 g/mol. The predicted octanol–water partition coefficient (Wildman–Crippen LogP) is 1.98. The van der Waals surface area contributed by atoms with E-state index in [1.165, 1.54) is 18.4 Å². The molecule has 0 saturated heterocycles. The van der Waals surface area contributed by atoms with Crippen LogP contribution in [-0.2, 0) is 11.2 Å². The van der Waals surface area contributed by atoms with E-state index in [-0.39, 0.29) is 36.9 Å². The van der Waals surface area contributed by atoms with E-state index >= 15 is 0 Å². The van der Waals surface area contributed by atoms with Crippen molar-refractivity contribution in [3.8, 4) is 11.5 Å².